The zero-order valence-corrected chi connectivity index (χ0v) is 47.6. The van der Waals surface area contributed by atoms with Crippen molar-refractivity contribution in [3.63, 3.8) is 0 Å². The Morgan fingerprint density at radius 3 is 2.02 bits per heavy atom. The van der Waals surface area contributed by atoms with Gasteiger partial charge in [0, 0.05) is 82.3 Å². The van der Waals surface area contributed by atoms with Crippen LogP contribution >= 0.6 is 0 Å². The maximum absolute atomic E-state index is 7.10. The molecule has 2 atom stereocenters. The zero-order chi connectivity index (χ0) is 57.7. The van der Waals surface area contributed by atoms with Gasteiger partial charge < -0.3 is 13.4 Å². The summed E-state index contributed by atoms with van der Waals surface area (Å²) in [4.78, 5) is 11.0. The fourth-order valence-electron chi connectivity index (χ4n) is 14.6. The topological polar surface area (TPSA) is 90.6 Å². The normalized spacial score (nSPS) is 14.4. The summed E-state index contributed by atoms with van der Waals surface area (Å²) >= 11 is 0. The number of aromatic nitrogens is 6. The van der Waals surface area contributed by atoms with Crippen molar-refractivity contribution in [2.24, 2.45) is 5.92 Å². The number of nitrogens with zero attached hydrogens (tertiary/aromatic N) is 5. The fourth-order valence-corrected chi connectivity index (χ4v) is 14.6. The van der Waals surface area contributed by atoms with Crippen molar-refractivity contribution >= 4 is 115 Å². The first-order chi connectivity index (χ1) is 43.5. The molecule has 412 valence electrons. The lowest BCUT2D eigenvalue weighted by atomic mass is 9.79. The molecule has 0 aliphatic heterocycles. The molecule has 1 aliphatic rings. The summed E-state index contributed by atoms with van der Waals surface area (Å²) in [7, 11) is 0. The van der Waals surface area contributed by atoms with E-state index in [-0.39, 0.29) is 11.8 Å². The van der Waals surface area contributed by atoms with Crippen LogP contribution in [0.2, 0.25) is 0 Å². The summed E-state index contributed by atoms with van der Waals surface area (Å²) in [5.41, 5.74) is 20.4. The summed E-state index contributed by atoms with van der Waals surface area (Å²) in [5.74, 6) is 1.88. The highest BCUT2D eigenvalue weighted by Crippen LogP contribution is 2.48. The third kappa shape index (κ3) is 7.17. The van der Waals surface area contributed by atoms with E-state index in [1.807, 2.05) is 6.07 Å². The molecule has 88 heavy (non-hydrogen) atoms. The molecule has 0 radical (unpaired) electrons. The van der Waals surface area contributed by atoms with Crippen molar-refractivity contribution in [1.82, 2.24) is 29.3 Å². The van der Waals surface area contributed by atoms with Crippen molar-refractivity contribution in [2.75, 3.05) is 0 Å². The molecule has 8 heteroatoms. The molecule has 0 spiro atoms. The van der Waals surface area contributed by atoms with Crippen molar-refractivity contribution in [3.05, 3.63) is 278 Å². The van der Waals surface area contributed by atoms with Gasteiger partial charge in [-0.05, 0) is 112 Å². The maximum atomic E-state index is 7.10. The van der Waals surface area contributed by atoms with Crippen LogP contribution in [0.25, 0.3) is 172 Å². The zero-order valence-electron chi connectivity index (χ0n) is 47.6. The SMILES string of the molecule is CC1C=Cc2c(oc3cccc(-c4ccc5c(c4)oc4c(-c6ccc7c(c6)c6c8ccccc8ccc6n7-c6nc(-c7ccc8c9ccccc9n(-c9ccccc9)c8c7)c7ccccc7n6)cccc45)c23)C1c1ccc(-c2n[nH]c3ccccc23)cc1. The highest BCUT2D eigenvalue weighted by Gasteiger charge is 2.32. The predicted octanol–water partition coefficient (Wildman–Crippen LogP) is 21.0. The Hall–Kier alpha value is -11.6. The number of furan rings is 2. The highest BCUT2D eigenvalue weighted by molar-refractivity contribution is 6.22. The number of rotatable bonds is 7. The number of hydrogen-bond acceptors (Lipinski definition) is 5. The summed E-state index contributed by atoms with van der Waals surface area (Å²) < 4.78 is 18.7. The Morgan fingerprint density at radius 2 is 1.11 bits per heavy atom. The molecule has 0 amide bonds. The van der Waals surface area contributed by atoms with E-state index in [0.29, 0.717) is 5.95 Å². The molecular weight excluding hydrogens is 1080 g/mol. The summed E-state index contributed by atoms with van der Waals surface area (Å²) in [5, 5.41) is 20.2. The minimum absolute atomic E-state index is 0.0452. The lowest BCUT2D eigenvalue weighted by Gasteiger charge is -2.24. The van der Waals surface area contributed by atoms with Gasteiger partial charge in [-0.2, -0.15) is 5.10 Å². The lowest BCUT2D eigenvalue weighted by molar-refractivity contribution is 0.469. The average Bonchev–Trinajstić information content (AvgIpc) is 2.47. The quantitative estimate of drug-likeness (QED) is 0.172. The van der Waals surface area contributed by atoms with E-state index in [4.69, 9.17) is 18.8 Å². The molecule has 18 aromatic rings. The molecule has 2 unspecified atom stereocenters. The van der Waals surface area contributed by atoms with Gasteiger partial charge in [0.1, 0.15) is 22.5 Å². The van der Waals surface area contributed by atoms with E-state index in [1.54, 1.807) is 0 Å². The van der Waals surface area contributed by atoms with E-state index in [0.717, 1.165) is 149 Å². The molecule has 6 aromatic heterocycles. The van der Waals surface area contributed by atoms with Gasteiger partial charge in [-0.1, -0.05) is 201 Å². The van der Waals surface area contributed by atoms with Gasteiger partial charge in [0.15, 0.2) is 0 Å². The van der Waals surface area contributed by atoms with Gasteiger partial charge in [-0.3, -0.25) is 9.67 Å². The van der Waals surface area contributed by atoms with Crippen molar-refractivity contribution in [2.45, 2.75) is 12.8 Å². The van der Waals surface area contributed by atoms with Crippen LogP contribution in [0.1, 0.15) is 29.7 Å². The first kappa shape index (κ1) is 48.7. The molecule has 8 nitrogen and oxygen atoms in total. The number of H-pyrrole nitrogens is 1. The molecule has 0 fully saturated rings. The highest BCUT2D eigenvalue weighted by atomic mass is 16.3. The minimum atomic E-state index is 0.0452. The van der Waals surface area contributed by atoms with Crippen LogP contribution < -0.4 is 0 Å². The van der Waals surface area contributed by atoms with Gasteiger partial charge in [0.25, 0.3) is 0 Å². The van der Waals surface area contributed by atoms with Crippen LogP contribution in [0.4, 0.5) is 0 Å². The Balaban J connectivity index is 0.728. The molecule has 0 saturated carbocycles. The smallest absolute Gasteiger partial charge is 0.235 e. The van der Waals surface area contributed by atoms with E-state index in [9.17, 15) is 0 Å². The molecule has 0 saturated heterocycles. The van der Waals surface area contributed by atoms with Gasteiger partial charge in [0.05, 0.1) is 44.5 Å². The number of nitrogens with one attached hydrogen (secondary N) is 1. The van der Waals surface area contributed by atoms with Crippen LogP contribution in [-0.2, 0) is 0 Å². The Kier molecular flexibility index (Phi) is 10.4. The number of aromatic amines is 1. The lowest BCUT2D eigenvalue weighted by Crippen LogP contribution is -2.12. The first-order valence-electron chi connectivity index (χ1n) is 30.1. The standard InChI is InChI=1S/C80H50N6O2/c1-46-29-38-63-75-55(22-14-28-71(75)87-79(63)73(46)48-30-32-49(33-31-48)77-62-21-8-11-26-66(62)83-84-77)51-34-40-59-60-24-13-23-56(78(60)88-72(59)45-51)50-37-41-68-64(43-50)74-54-18-6-5-15-47(54)36-42-69(74)86(68)80-81-65-25-10-7-20-61(65)76(82-80)52-35-39-58-57-19-9-12-27-67(57)85(70(58)44-52)53-16-3-2-4-17-53/h2-46,73H,1H3,(H,83,84). The average molecular weight is 1130 g/mol. The number of hydrogen-bond donors (Lipinski definition) is 1. The van der Waals surface area contributed by atoms with Gasteiger partial charge >= 0.3 is 0 Å². The van der Waals surface area contributed by atoms with Gasteiger partial charge in [-0.25, -0.2) is 9.97 Å². The molecule has 1 N–H and O–H groups in total. The Morgan fingerprint density at radius 1 is 0.420 bits per heavy atom. The fraction of sp³-hybridized carbons (Fsp3) is 0.0375. The van der Waals surface area contributed by atoms with Crippen molar-refractivity contribution in [1.29, 1.82) is 0 Å². The van der Waals surface area contributed by atoms with Crippen molar-refractivity contribution < 1.29 is 8.83 Å². The maximum Gasteiger partial charge on any atom is 0.235 e. The molecular formula is C80H50N6O2. The number of benzene rings is 12. The Bertz CT molecular complexity index is 5970. The van der Waals surface area contributed by atoms with E-state index in [2.05, 4.69) is 287 Å². The second kappa shape index (κ2) is 18.7. The largest absolute Gasteiger partial charge is 0.460 e. The van der Waals surface area contributed by atoms with Crippen LogP contribution in [0.5, 0.6) is 0 Å². The summed E-state index contributed by atoms with van der Waals surface area (Å²) in [6, 6.07) is 91.1. The van der Waals surface area contributed by atoms with E-state index >= 15 is 0 Å². The second-order valence-electron chi connectivity index (χ2n) is 23.5. The Labute approximate surface area is 503 Å². The van der Waals surface area contributed by atoms with Crippen molar-refractivity contribution in [3.8, 4) is 56.4 Å². The van der Waals surface area contributed by atoms with Crippen LogP contribution in [0.15, 0.2) is 270 Å². The van der Waals surface area contributed by atoms with E-state index in [1.165, 1.54) is 27.1 Å². The van der Waals surface area contributed by atoms with Crippen LogP contribution in [0, 0.1) is 5.92 Å². The monoisotopic (exact) mass is 1130 g/mol. The number of para-hydroxylation sites is 5. The van der Waals surface area contributed by atoms with Crippen LogP contribution in [-0.4, -0.2) is 29.3 Å². The number of allylic oxidation sites excluding steroid dienone is 1. The summed E-state index contributed by atoms with van der Waals surface area (Å²) in [6.07, 6.45) is 4.59. The van der Waals surface area contributed by atoms with Gasteiger partial charge in [0.2, 0.25) is 5.95 Å². The molecule has 19 rings (SSSR count). The van der Waals surface area contributed by atoms with E-state index < -0.39 is 0 Å². The van der Waals surface area contributed by atoms with Gasteiger partial charge in [-0.15, -0.1) is 0 Å². The molecule has 12 aromatic carbocycles. The third-order valence-electron chi connectivity index (χ3n) is 18.7. The number of fused-ring (bicyclic) bond motifs is 16. The second-order valence-corrected chi connectivity index (χ2v) is 23.5. The summed E-state index contributed by atoms with van der Waals surface area (Å²) in [6.45, 7) is 2.28. The molecule has 0 bridgehead atoms. The minimum Gasteiger partial charge on any atom is -0.460 e. The predicted molar refractivity (Wildman–Crippen MR) is 361 cm³/mol. The third-order valence-corrected chi connectivity index (χ3v) is 18.7. The molecule has 6 heterocycles. The first-order valence-corrected chi connectivity index (χ1v) is 30.1. The molecule has 1 aliphatic carbocycles. The van der Waals surface area contributed by atoms with Crippen LogP contribution in [0.3, 0.4) is 0 Å².